The molecular formula is C21H16ClNO5. The Bertz CT molecular complexity index is 1200. The van der Waals surface area contributed by atoms with Gasteiger partial charge in [-0.25, -0.2) is 4.79 Å². The van der Waals surface area contributed by atoms with Crippen LogP contribution in [0.4, 0.5) is 0 Å². The minimum atomic E-state index is -0.616. The van der Waals surface area contributed by atoms with Crippen molar-refractivity contribution in [2.24, 2.45) is 0 Å². The Kier molecular flexibility index (Phi) is 4.23. The van der Waals surface area contributed by atoms with Crippen LogP contribution in [-0.4, -0.2) is 30.9 Å². The van der Waals surface area contributed by atoms with Gasteiger partial charge in [0.2, 0.25) is 5.76 Å². The molecule has 0 spiro atoms. The van der Waals surface area contributed by atoms with Gasteiger partial charge >= 0.3 is 5.97 Å². The standard InChI is InChI=1S/C21H16ClNO5/c1-10-8-15-13(9-14(10)22)18(24)16-17(23(2)20(25)19(16)28-15)11-4-6-12(7-5-11)21(26)27-3/h4-9,17H,1-3H3/t17-/m0/s1. The summed E-state index contributed by atoms with van der Waals surface area (Å²) < 4.78 is 10.5. The maximum absolute atomic E-state index is 13.2. The zero-order valence-electron chi connectivity index (χ0n) is 15.4. The highest BCUT2D eigenvalue weighted by molar-refractivity contribution is 6.32. The first-order chi connectivity index (χ1) is 13.3. The SMILES string of the molecule is COC(=O)c1ccc([C@H]2c3c(oc4cc(C)c(Cl)cc4c3=O)C(=O)N2C)cc1. The van der Waals surface area contributed by atoms with Crippen LogP contribution in [0.15, 0.2) is 45.6 Å². The number of ether oxygens (including phenoxy) is 1. The third kappa shape index (κ3) is 2.60. The molecule has 6 nitrogen and oxygen atoms in total. The van der Waals surface area contributed by atoms with E-state index in [1.54, 1.807) is 50.4 Å². The van der Waals surface area contributed by atoms with E-state index in [0.717, 1.165) is 5.56 Å². The van der Waals surface area contributed by atoms with Gasteiger partial charge in [0.15, 0.2) is 5.43 Å². The lowest BCUT2D eigenvalue weighted by molar-refractivity contribution is 0.0600. The Labute approximate surface area is 165 Å². The van der Waals surface area contributed by atoms with E-state index in [-0.39, 0.29) is 22.7 Å². The fourth-order valence-corrected chi connectivity index (χ4v) is 3.68. The molecule has 0 aliphatic carbocycles. The maximum atomic E-state index is 13.2. The van der Waals surface area contributed by atoms with E-state index in [1.807, 2.05) is 0 Å². The summed E-state index contributed by atoms with van der Waals surface area (Å²) in [5.74, 6) is -0.800. The molecule has 3 aromatic rings. The van der Waals surface area contributed by atoms with Crippen LogP contribution in [0.3, 0.4) is 0 Å². The third-order valence-corrected chi connectivity index (χ3v) is 5.44. The highest BCUT2D eigenvalue weighted by Crippen LogP contribution is 2.37. The lowest BCUT2D eigenvalue weighted by atomic mass is 9.97. The number of methoxy groups -OCH3 is 1. The average molecular weight is 398 g/mol. The molecular weight excluding hydrogens is 382 g/mol. The van der Waals surface area contributed by atoms with E-state index in [2.05, 4.69) is 0 Å². The summed E-state index contributed by atoms with van der Waals surface area (Å²) >= 11 is 6.18. The summed E-state index contributed by atoms with van der Waals surface area (Å²) in [6.07, 6.45) is 0. The Hall–Kier alpha value is -3.12. The van der Waals surface area contributed by atoms with E-state index < -0.39 is 12.0 Å². The van der Waals surface area contributed by atoms with Crippen LogP contribution >= 0.6 is 11.6 Å². The second-order valence-electron chi connectivity index (χ2n) is 6.70. The molecule has 1 atom stereocenters. The molecule has 0 bridgehead atoms. The van der Waals surface area contributed by atoms with Crippen molar-refractivity contribution < 1.29 is 18.7 Å². The highest BCUT2D eigenvalue weighted by atomic mass is 35.5. The largest absolute Gasteiger partial charge is 0.465 e. The number of nitrogens with zero attached hydrogens (tertiary/aromatic N) is 1. The first-order valence-electron chi connectivity index (χ1n) is 8.55. The first kappa shape index (κ1) is 18.3. The normalized spacial score (nSPS) is 15.8. The summed E-state index contributed by atoms with van der Waals surface area (Å²) in [6, 6.07) is 9.20. The summed E-state index contributed by atoms with van der Waals surface area (Å²) in [5, 5.41) is 0.782. The van der Waals surface area contributed by atoms with Crippen LogP contribution in [0.1, 0.15) is 43.6 Å². The van der Waals surface area contributed by atoms with Gasteiger partial charge in [0.25, 0.3) is 5.91 Å². The minimum absolute atomic E-state index is 0.0313. The van der Waals surface area contributed by atoms with Crippen molar-refractivity contribution in [3.63, 3.8) is 0 Å². The Morgan fingerprint density at radius 3 is 2.50 bits per heavy atom. The zero-order valence-corrected chi connectivity index (χ0v) is 16.2. The van der Waals surface area contributed by atoms with Gasteiger partial charge in [0, 0.05) is 12.1 Å². The van der Waals surface area contributed by atoms with E-state index in [0.29, 0.717) is 27.1 Å². The van der Waals surface area contributed by atoms with Crippen LogP contribution in [0.2, 0.25) is 5.02 Å². The number of fused-ring (bicyclic) bond motifs is 2. The molecule has 1 amide bonds. The highest BCUT2D eigenvalue weighted by Gasteiger charge is 2.40. The summed E-state index contributed by atoms with van der Waals surface area (Å²) in [5.41, 5.74) is 2.13. The molecule has 4 rings (SSSR count). The number of aryl methyl sites for hydroxylation is 1. The quantitative estimate of drug-likeness (QED) is 0.616. The Morgan fingerprint density at radius 2 is 1.86 bits per heavy atom. The second-order valence-corrected chi connectivity index (χ2v) is 7.11. The van der Waals surface area contributed by atoms with Gasteiger partial charge < -0.3 is 14.1 Å². The summed E-state index contributed by atoms with van der Waals surface area (Å²) in [7, 11) is 2.91. The molecule has 2 heterocycles. The second kappa shape index (κ2) is 6.49. The van der Waals surface area contributed by atoms with E-state index in [4.69, 9.17) is 20.8 Å². The zero-order chi connectivity index (χ0) is 20.2. The van der Waals surface area contributed by atoms with Gasteiger partial charge in [-0.1, -0.05) is 23.7 Å². The van der Waals surface area contributed by atoms with Crippen molar-refractivity contribution >= 4 is 34.4 Å². The predicted molar refractivity (Wildman–Crippen MR) is 104 cm³/mol. The molecule has 0 saturated carbocycles. The van der Waals surface area contributed by atoms with Crippen LogP contribution in [-0.2, 0) is 4.74 Å². The molecule has 1 aliphatic rings. The van der Waals surface area contributed by atoms with Gasteiger partial charge in [-0.05, 0) is 42.3 Å². The number of esters is 1. The molecule has 1 aliphatic heterocycles. The van der Waals surface area contributed by atoms with E-state index in [9.17, 15) is 14.4 Å². The number of amides is 1. The molecule has 0 N–H and O–H groups in total. The molecule has 0 radical (unpaired) electrons. The van der Waals surface area contributed by atoms with Gasteiger partial charge in [0.05, 0.1) is 29.7 Å². The lowest BCUT2D eigenvalue weighted by Gasteiger charge is -2.20. The lowest BCUT2D eigenvalue weighted by Crippen LogP contribution is -2.25. The monoisotopic (exact) mass is 397 g/mol. The van der Waals surface area contributed by atoms with Gasteiger partial charge in [0.1, 0.15) is 5.58 Å². The molecule has 28 heavy (non-hydrogen) atoms. The van der Waals surface area contributed by atoms with Gasteiger partial charge in [-0.2, -0.15) is 0 Å². The van der Waals surface area contributed by atoms with Crippen LogP contribution in [0, 0.1) is 6.92 Å². The predicted octanol–water partition coefficient (Wildman–Crippen LogP) is 3.72. The smallest absolute Gasteiger partial charge is 0.337 e. The van der Waals surface area contributed by atoms with Crippen molar-refractivity contribution in [3.8, 4) is 0 Å². The molecule has 0 unspecified atom stereocenters. The first-order valence-corrected chi connectivity index (χ1v) is 8.93. The summed E-state index contributed by atoms with van der Waals surface area (Å²) in [4.78, 5) is 39.1. The number of carbonyl (C=O) groups excluding carboxylic acids is 2. The molecule has 0 fully saturated rings. The average Bonchev–Trinajstić information content (AvgIpc) is 2.94. The van der Waals surface area contributed by atoms with Crippen molar-refractivity contribution in [1.29, 1.82) is 0 Å². The molecule has 1 aromatic heterocycles. The third-order valence-electron chi connectivity index (χ3n) is 5.03. The van der Waals surface area contributed by atoms with Crippen molar-refractivity contribution in [2.75, 3.05) is 14.2 Å². The van der Waals surface area contributed by atoms with Crippen LogP contribution in [0.25, 0.3) is 11.0 Å². The molecule has 7 heteroatoms. The number of hydrogen-bond donors (Lipinski definition) is 0. The van der Waals surface area contributed by atoms with Crippen molar-refractivity contribution in [3.05, 3.63) is 79.7 Å². The van der Waals surface area contributed by atoms with Crippen molar-refractivity contribution in [2.45, 2.75) is 13.0 Å². The Morgan fingerprint density at radius 1 is 1.18 bits per heavy atom. The number of carbonyl (C=O) groups is 2. The number of rotatable bonds is 2. The van der Waals surface area contributed by atoms with Gasteiger partial charge in [-0.15, -0.1) is 0 Å². The molecule has 142 valence electrons. The molecule has 0 saturated heterocycles. The van der Waals surface area contributed by atoms with E-state index in [1.165, 1.54) is 12.0 Å². The minimum Gasteiger partial charge on any atom is -0.465 e. The van der Waals surface area contributed by atoms with Crippen molar-refractivity contribution in [1.82, 2.24) is 4.90 Å². The summed E-state index contributed by atoms with van der Waals surface area (Å²) in [6.45, 7) is 1.80. The number of hydrogen-bond acceptors (Lipinski definition) is 5. The topological polar surface area (TPSA) is 76.8 Å². The molecule has 2 aromatic carbocycles. The van der Waals surface area contributed by atoms with Crippen LogP contribution < -0.4 is 5.43 Å². The van der Waals surface area contributed by atoms with Crippen LogP contribution in [0.5, 0.6) is 0 Å². The van der Waals surface area contributed by atoms with Gasteiger partial charge in [-0.3, -0.25) is 9.59 Å². The van der Waals surface area contributed by atoms with E-state index >= 15 is 0 Å². The number of halogens is 1. The number of benzene rings is 2. The Balaban J connectivity index is 1.92. The fraction of sp³-hybridized carbons (Fsp3) is 0.190. The fourth-order valence-electron chi connectivity index (χ4n) is 3.52. The maximum Gasteiger partial charge on any atom is 0.337 e.